The summed E-state index contributed by atoms with van der Waals surface area (Å²) >= 11 is 3.05. The number of nitrogens with zero attached hydrogens (tertiary/aromatic N) is 3. The molecule has 4 rings (SSSR count). The third kappa shape index (κ3) is 3.29. The summed E-state index contributed by atoms with van der Waals surface area (Å²) < 4.78 is 14.9. The fraction of sp³-hybridized carbons (Fsp3) is 0.0556. The first-order chi connectivity index (χ1) is 12.6. The number of anilines is 1. The number of aromatic nitrogens is 3. The molecular formula is C18H13FN4OS2. The highest BCUT2D eigenvalue weighted by Crippen LogP contribution is 2.29. The van der Waals surface area contributed by atoms with Crippen molar-refractivity contribution in [2.24, 2.45) is 0 Å². The fourth-order valence-corrected chi connectivity index (χ4v) is 4.00. The highest BCUT2D eigenvalue weighted by atomic mass is 32.1. The Bertz CT molecular complexity index is 1070. The van der Waals surface area contributed by atoms with Crippen molar-refractivity contribution in [1.29, 1.82) is 0 Å². The Morgan fingerprint density at radius 2 is 2.08 bits per heavy atom. The molecule has 0 bridgehead atoms. The minimum atomic E-state index is -0.456. The molecule has 0 atom stereocenters. The Balaban J connectivity index is 1.64. The van der Waals surface area contributed by atoms with Crippen molar-refractivity contribution >= 4 is 34.4 Å². The maximum Gasteiger partial charge on any atom is 0.256 e. The van der Waals surface area contributed by atoms with Crippen molar-refractivity contribution < 1.29 is 9.18 Å². The van der Waals surface area contributed by atoms with Gasteiger partial charge in [-0.1, -0.05) is 12.1 Å². The van der Waals surface area contributed by atoms with Gasteiger partial charge in [-0.2, -0.15) is 9.78 Å². The Kier molecular flexibility index (Phi) is 4.36. The van der Waals surface area contributed by atoms with Gasteiger partial charge < -0.3 is 5.32 Å². The summed E-state index contributed by atoms with van der Waals surface area (Å²) in [6.45, 7) is 1.84. The van der Waals surface area contributed by atoms with E-state index < -0.39 is 11.7 Å². The minimum Gasteiger partial charge on any atom is -0.306 e. The van der Waals surface area contributed by atoms with Gasteiger partial charge in [0, 0.05) is 17.0 Å². The lowest BCUT2D eigenvalue weighted by atomic mass is 10.2. The van der Waals surface area contributed by atoms with E-state index in [9.17, 15) is 9.18 Å². The van der Waals surface area contributed by atoms with Crippen molar-refractivity contribution in [3.05, 3.63) is 70.3 Å². The monoisotopic (exact) mass is 384 g/mol. The van der Waals surface area contributed by atoms with Crippen LogP contribution in [0.3, 0.4) is 0 Å². The Hall–Kier alpha value is -2.84. The molecule has 26 heavy (non-hydrogen) atoms. The van der Waals surface area contributed by atoms with Crippen molar-refractivity contribution in [1.82, 2.24) is 14.8 Å². The quantitative estimate of drug-likeness (QED) is 0.552. The number of carbonyl (C=O) groups is 1. The zero-order chi connectivity index (χ0) is 18.1. The Morgan fingerprint density at radius 3 is 2.85 bits per heavy atom. The van der Waals surface area contributed by atoms with Crippen molar-refractivity contribution in [2.75, 3.05) is 5.32 Å². The predicted octanol–water partition coefficient (Wildman–Crippen LogP) is 4.76. The second-order valence-corrected chi connectivity index (χ2v) is 7.32. The number of carbonyl (C=O) groups excluding carboxylic acids is 1. The van der Waals surface area contributed by atoms with Crippen LogP contribution in [0.1, 0.15) is 16.1 Å². The standard InChI is InChI=1S/C18H13FN4OS2/c1-11-8-16(21-17(24)12-4-2-5-13(19)9-12)23(22-11)18-20-14(10-26-18)15-6-3-7-25-15/h2-10H,1H3,(H,21,24). The number of rotatable bonds is 4. The highest BCUT2D eigenvalue weighted by Gasteiger charge is 2.16. The molecule has 0 unspecified atom stereocenters. The number of hydrogen-bond acceptors (Lipinski definition) is 5. The Labute approximate surface area is 156 Å². The van der Waals surface area contributed by atoms with E-state index in [1.807, 2.05) is 29.8 Å². The molecule has 8 heteroatoms. The second kappa shape index (κ2) is 6.81. The summed E-state index contributed by atoms with van der Waals surface area (Å²) in [6.07, 6.45) is 0. The SMILES string of the molecule is Cc1cc(NC(=O)c2cccc(F)c2)n(-c2nc(-c3cccs3)cs2)n1. The van der Waals surface area contributed by atoms with Gasteiger partial charge >= 0.3 is 0 Å². The molecule has 0 saturated carbocycles. The molecule has 0 saturated heterocycles. The normalized spacial score (nSPS) is 10.8. The molecule has 5 nitrogen and oxygen atoms in total. The van der Waals surface area contributed by atoms with Crippen LogP contribution in [0, 0.1) is 12.7 Å². The van der Waals surface area contributed by atoms with E-state index >= 15 is 0 Å². The van der Waals surface area contributed by atoms with Crippen LogP contribution in [0.5, 0.6) is 0 Å². The molecule has 0 spiro atoms. The summed E-state index contributed by atoms with van der Waals surface area (Å²) in [5, 5.41) is 11.8. The molecule has 3 heterocycles. The third-order valence-corrected chi connectivity index (χ3v) is 5.32. The van der Waals surface area contributed by atoms with Gasteiger partial charge in [0.2, 0.25) is 5.13 Å². The first-order valence-electron chi connectivity index (χ1n) is 7.73. The molecule has 0 aliphatic heterocycles. The maximum absolute atomic E-state index is 13.3. The number of halogens is 1. The first-order valence-corrected chi connectivity index (χ1v) is 9.49. The summed E-state index contributed by atoms with van der Waals surface area (Å²) in [5.41, 5.74) is 1.86. The van der Waals surface area contributed by atoms with E-state index in [1.165, 1.54) is 29.5 Å². The van der Waals surface area contributed by atoms with Gasteiger partial charge in [-0.3, -0.25) is 4.79 Å². The van der Waals surface area contributed by atoms with Gasteiger partial charge in [0.25, 0.3) is 5.91 Å². The van der Waals surface area contributed by atoms with Crippen LogP contribution in [0.2, 0.25) is 0 Å². The molecule has 3 aromatic heterocycles. The van der Waals surface area contributed by atoms with Gasteiger partial charge in [0.15, 0.2) is 0 Å². The average Bonchev–Trinajstić information content (AvgIpc) is 3.34. The number of thiazole rings is 1. The van der Waals surface area contributed by atoms with Crippen LogP contribution in [0.15, 0.2) is 53.2 Å². The average molecular weight is 384 g/mol. The molecule has 0 radical (unpaired) electrons. The Morgan fingerprint density at radius 1 is 1.19 bits per heavy atom. The van der Waals surface area contributed by atoms with Crippen LogP contribution in [-0.2, 0) is 0 Å². The highest BCUT2D eigenvalue weighted by molar-refractivity contribution is 7.15. The summed E-state index contributed by atoms with van der Waals surface area (Å²) in [7, 11) is 0. The fourth-order valence-electron chi connectivity index (χ4n) is 2.45. The number of hydrogen-bond donors (Lipinski definition) is 1. The third-order valence-electron chi connectivity index (χ3n) is 3.61. The predicted molar refractivity (Wildman–Crippen MR) is 102 cm³/mol. The van der Waals surface area contributed by atoms with Gasteiger partial charge in [-0.15, -0.1) is 22.7 Å². The number of amides is 1. The van der Waals surface area contributed by atoms with E-state index in [0.29, 0.717) is 10.9 Å². The van der Waals surface area contributed by atoms with Crippen LogP contribution in [0.4, 0.5) is 10.2 Å². The van der Waals surface area contributed by atoms with Crippen LogP contribution >= 0.6 is 22.7 Å². The lowest BCUT2D eigenvalue weighted by Crippen LogP contribution is -2.15. The van der Waals surface area contributed by atoms with Crippen molar-refractivity contribution in [3.8, 4) is 15.7 Å². The van der Waals surface area contributed by atoms with E-state index in [1.54, 1.807) is 28.2 Å². The molecule has 0 fully saturated rings. The number of benzene rings is 1. The summed E-state index contributed by atoms with van der Waals surface area (Å²) in [6, 6.07) is 11.3. The zero-order valence-electron chi connectivity index (χ0n) is 13.6. The zero-order valence-corrected chi connectivity index (χ0v) is 15.3. The molecule has 0 aliphatic carbocycles. The van der Waals surface area contributed by atoms with E-state index in [-0.39, 0.29) is 5.56 Å². The molecule has 1 N–H and O–H groups in total. The van der Waals surface area contributed by atoms with Crippen molar-refractivity contribution in [2.45, 2.75) is 6.92 Å². The van der Waals surface area contributed by atoms with Gasteiger partial charge in [0.05, 0.1) is 16.3 Å². The minimum absolute atomic E-state index is 0.244. The molecule has 1 amide bonds. The summed E-state index contributed by atoms with van der Waals surface area (Å²) in [5.74, 6) is -0.368. The van der Waals surface area contributed by atoms with Gasteiger partial charge in [-0.25, -0.2) is 9.37 Å². The van der Waals surface area contributed by atoms with E-state index in [0.717, 1.165) is 16.3 Å². The number of aryl methyl sites for hydroxylation is 1. The van der Waals surface area contributed by atoms with E-state index in [4.69, 9.17) is 0 Å². The van der Waals surface area contributed by atoms with Crippen LogP contribution in [-0.4, -0.2) is 20.7 Å². The topological polar surface area (TPSA) is 59.8 Å². The number of nitrogens with one attached hydrogen (secondary N) is 1. The second-order valence-electron chi connectivity index (χ2n) is 5.54. The largest absolute Gasteiger partial charge is 0.306 e. The lowest BCUT2D eigenvalue weighted by Gasteiger charge is -2.06. The van der Waals surface area contributed by atoms with Gasteiger partial charge in [0.1, 0.15) is 11.6 Å². The smallest absolute Gasteiger partial charge is 0.256 e. The van der Waals surface area contributed by atoms with E-state index in [2.05, 4.69) is 15.4 Å². The van der Waals surface area contributed by atoms with Crippen LogP contribution < -0.4 is 5.32 Å². The molecular weight excluding hydrogens is 371 g/mol. The van der Waals surface area contributed by atoms with Crippen molar-refractivity contribution in [3.63, 3.8) is 0 Å². The van der Waals surface area contributed by atoms with Gasteiger partial charge in [-0.05, 0) is 36.6 Å². The first kappa shape index (κ1) is 16.6. The molecule has 0 aliphatic rings. The summed E-state index contributed by atoms with van der Waals surface area (Å²) in [4.78, 5) is 18.1. The maximum atomic E-state index is 13.3. The molecule has 130 valence electrons. The lowest BCUT2D eigenvalue weighted by molar-refractivity contribution is 0.102. The molecule has 1 aromatic carbocycles. The van der Waals surface area contributed by atoms with Crippen LogP contribution in [0.25, 0.3) is 15.7 Å². The molecule has 4 aromatic rings. The number of thiophene rings is 1.